The Hall–Kier alpha value is -2.06. The Labute approximate surface area is 154 Å². The van der Waals surface area contributed by atoms with E-state index in [0.29, 0.717) is 27.6 Å². The zero-order chi connectivity index (χ0) is 18.6. The summed E-state index contributed by atoms with van der Waals surface area (Å²) in [4.78, 5) is 40.6. The molecule has 2 N–H and O–H groups in total. The number of imide groups is 1. The zero-order valence-corrected chi connectivity index (χ0v) is 15.7. The van der Waals surface area contributed by atoms with Crippen molar-refractivity contribution in [2.75, 3.05) is 7.05 Å². The van der Waals surface area contributed by atoms with Gasteiger partial charge >= 0.3 is 6.03 Å². The summed E-state index contributed by atoms with van der Waals surface area (Å²) in [5.41, 5.74) is 0.302. The van der Waals surface area contributed by atoms with Gasteiger partial charge in [0, 0.05) is 18.6 Å². The first kappa shape index (κ1) is 19.3. The number of aromatic nitrogens is 2. The smallest absolute Gasteiger partial charge is 0.321 e. The largest absolute Gasteiger partial charge is 0.341 e. The minimum atomic E-state index is -0.607. The van der Waals surface area contributed by atoms with E-state index in [1.807, 2.05) is 6.92 Å². The van der Waals surface area contributed by atoms with Crippen LogP contribution >= 0.6 is 23.4 Å². The van der Waals surface area contributed by atoms with E-state index in [-0.39, 0.29) is 5.56 Å². The van der Waals surface area contributed by atoms with Crippen LogP contribution in [0, 0.1) is 0 Å². The number of nitrogens with one attached hydrogen (secondary N) is 2. The molecule has 0 aliphatic carbocycles. The van der Waals surface area contributed by atoms with Gasteiger partial charge in [-0.2, -0.15) is 0 Å². The van der Waals surface area contributed by atoms with Crippen LogP contribution in [0.5, 0.6) is 0 Å². The number of carbonyl (C=O) groups excluding carboxylic acids is 2. The van der Waals surface area contributed by atoms with Gasteiger partial charge in [-0.25, -0.2) is 9.78 Å². The first-order valence-corrected chi connectivity index (χ1v) is 9.02. The fourth-order valence-electron chi connectivity index (χ4n) is 2.17. The van der Waals surface area contributed by atoms with Gasteiger partial charge in [0.25, 0.3) is 5.56 Å². The summed E-state index contributed by atoms with van der Waals surface area (Å²) in [6.07, 6.45) is 0.743. The Morgan fingerprint density at radius 1 is 1.40 bits per heavy atom. The molecule has 2 aromatic rings. The predicted molar refractivity (Wildman–Crippen MR) is 99.2 cm³/mol. The molecule has 1 aromatic heterocycles. The van der Waals surface area contributed by atoms with Crippen LogP contribution in [0.15, 0.2) is 28.2 Å². The molecule has 1 atom stereocenters. The molecule has 1 heterocycles. The van der Waals surface area contributed by atoms with Crippen LogP contribution in [0.2, 0.25) is 5.02 Å². The molecule has 0 radical (unpaired) electrons. The molecule has 1 aromatic carbocycles. The van der Waals surface area contributed by atoms with Crippen LogP contribution in [0.3, 0.4) is 0 Å². The lowest BCUT2D eigenvalue weighted by Gasteiger charge is -2.15. The number of nitrogens with zero attached hydrogens (tertiary/aromatic N) is 2. The second-order valence-electron chi connectivity index (χ2n) is 5.34. The van der Waals surface area contributed by atoms with Crippen LogP contribution in [0.4, 0.5) is 4.79 Å². The average Bonchev–Trinajstić information content (AvgIpc) is 2.57. The molecule has 0 fully saturated rings. The molecule has 3 amide bonds. The second-order valence-corrected chi connectivity index (χ2v) is 7.09. The Kier molecular flexibility index (Phi) is 6.44. The minimum Gasteiger partial charge on any atom is -0.341 e. The summed E-state index contributed by atoms with van der Waals surface area (Å²) in [7, 11) is 1.42. The van der Waals surface area contributed by atoms with E-state index in [4.69, 9.17) is 11.6 Å². The maximum Gasteiger partial charge on any atom is 0.321 e. The molecule has 0 aliphatic rings. The van der Waals surface area contributed by atoms with Gasteiger partial charge in [-0.1, -0.05) is 30.3 Å². The third-order valence-corrected chi connectivity index (χ3v) is 4.77. The first-order valence-electron chi connectivity index (χ1n) is 7.76. The number of fused-ring (bicyclic) bond motifs is 1. The SMILES string of the molecule is CCCn1c(S[C@H](C)C(=O)NC(=O)NC)nc2cc(Cl)ccc2c1=O. The predicted octanol–water partition coefficient (Wildman–Crippen LogP) is 2.40. The molecular weight excluding hydrogens is 364 g/mol. The summed E-state index contributed by atoms with van der Waals surface area (Å²) in [6.45, 7) is 4.08. The van der Waals surface area contributed by atoms with Gasteiger partial charge in [0.15, 0.2) is 5.16 Å². The van der Waals surface area contributed by atoms with Crippen molar-refractivity contribution < 1.29 is 9.59 Å². The molecule has 0 spiro atoms. The molecule has 0 unspecified atom stereocenters. The van der Waals surface area contributed by atoms with E-state index < -0.39 is 17.2 Å². The Morgan fingerprint density at radius 2 is 2.12 bits per heavy atom. The highest BCUT2D eigenvalue weighted by Gasteiger charge is 2.20. The zero-order valence-electron chi connectivity index (χ0n) is 14.1. The highest BCUT2D eigenvalue weighted by Crippen LogP contribution is 2.24. The maximum atomic E-state index is 12.7. The molecule has 2 rings (SSSR count). The van der Waals surface area contributed by atoms with Gasteiger partial charge in [0.1, 0.15) is 0 Å². The quantitative estimate of drug-likeness (QED) is 0.611. The van der Waals surface area contributed by atoms with Gasteiger partial charge in [-0.05, 0) is 31.5 Å². The van der Waals surface area contributed by atoms with Crippen molar-refractivity contribution in [3.8, 4) is 0 Å². The fourth-order valence-corrected chi connectivity index (χ4v) is 3.27. The number of hydrogen-bond acceptors (Lipinski definition) is 5. The third kappa shape index (κ3) is 4.52. The topological polar surface area (TPSA) is 93.1 Å². The van der Waals surface area contributed by atoms with Gasteiger partial charge in [-0.15, -0.1) is 0 Å². The summed E-state index contributed by atoms with van der Waals surface area (Å²) in [5, 5.41) is 5.30. The van der Waals surface area contributed by atoms with Crippen molar-refractivity contribution in [2.24, 2.45) is 0 Å². The van der Waals surface area contributed by atoms with Crippen molar-refractivity contribution in [1.29, 1.82) is 0 Å². The number of urea groups is 1. The van der Waals surface area contributed by atoms with Crippen LogP contribution < -0.4 is 16.2 Å². The number of hydrogen-bond donors (Lipinski definition) is 2. The Bertz CT molecular complexity index is 868. The van der Waals surface area contributed by atoms with E-state index in [2.05, 4.69) is 15.6 Å². The van der Waals surface area contributed by atoms with Gasteiger partial charge < -0.3 is 5.32 Å². The lowest BCUT2D eigenvalue weighted by molar-refractivity contribution is -0.119. The summed E-state index contributed by atoms with van der Waals surface area (Å²) in [5.74, 6) is -0.465. The standard InChI is InChI=1S/C16H19ClN4O3S/c1-4-7-21-14(23)11-6-5-10(17)8-12(11)19-16(21)25-9(2)13(22)20-15(24)18-3/h5-6,8-9H,4,7H2,1-3H3,(H2,18,20,22,24)/t9-/m1/s1. The van der Waals surface area contributed by atoms with E-state index in [0.717, 1.165) is 18.2 Å². The number of rotatable bonds is 5. The minimum absolute atomic E-state index is 0.176. The lowest BCUT2D eigenvalue weighted by Crippen LogP contribution is -2.41. The Balaban J connectivity index is 2.41. The summed E-state index contributed by atoms with van der Waals surface area (Å²) >= 11 is 7.11. The molecular formula is C16H19ClN4O3S. The molecule has 25 heavy (non-hydrogen) atoms. The highest BCUT2D eigenvalue weighted by molar-refractivity contribution is 8.00. The number of thioether (sulfide) groups is 1. The number of halogens is 1. The lowest BCUT2D eigenvalue weighted by atomic mass is 10.2. The molecule has 134 valence electrons. The van der Waals surface area contributed by atoms with Crippen LogP contribution in [0.25, 0.3) is 10.9 Å². The van der Waals surface area contributed by atoms with Crippen LogP contribution in [-0.4, -0.2) is 33.8 Å². The maximum absolute atomic E-state index is 12.7. The van der Waals surface area contributed by atoms with Crippen LogP contribution in [-0.2, 0) is 11.3 Å². The van der Waals surface area contributed by atoms with E-state index in [1.54, 1.807) is 29.7 Å². The van der Waals surface area contributed by atoms with Crippen LogP contribution in [0.1, 0.15) is 20.3 Å². The molecule has 9 heteroatoms. The van der Waals surface area contributed by atoms with Crippen molar-refractivity contribution in [1.82, 2.24) is 20.2 Å². The van der Waals surface area contributed by atoms with Crippen molar-refractivity contribution in [3.05, 3.63) is 33.6 Å². The van der Waals surface area contributed by atoms with Gasteiger partial charge in [0.05, 0.1) is 16.2 Å². The highest BCUT2D eigenvalue weighted by atomic mass is 35.5. The normalized spacial score (nSPS) is 12.0. The molecule has 0 bridgehead atoms. The average molecular weight is 383 g/mol. The summed E-state index contributed by atoms with van der Waals surface area (Å²) in [6, 6.07) is 4.33. The number of amides is 3. The van der Waals surface area contributed by atoms with E-state index in [1.165, 1.54) is 7.05 Å². The van der Waals surface area contributed by atoms with Crippen molar-refractivity contribution >= 4 is 46.2 Å². The monoisotopic (exact) mass is 382 g/mol. The molecule has 0 saturated heterocycles. The van der Waals surface area contributed by atoms with Crippen molar-refractivity contribution in [3.63, 3.8) is 0 Å². The number of benzene rings is 1. The van der Waals surface area contributed by atoms with Gasteiger partial charge in [-0.3, -0.25) is 19.5 Å². The Morgan fingerprint density at radius 3 is 2.76 bits per heavy atom. The third-order valence-electron chi connectivity index (χ3n) is 3.44. The van der Waals surface area contributed by atoms with Gasteiger partial charge in [0.2, 0.25) is 5.91 Å². The second kappa shape index (κ2) is 8.35. The molecule has 0 saturated carbocycles. The number of carbonyl (C=O) groups is 2. The van der Waals surface area contributed by atoms with Crippen molar-refractivity contribution in [2.45, 2.75) is 37.2 Å². The molecule has 0 aliphatic heterocycles. The summed E-state index contributed by atoms with van der Waals surface area (Å²) < 4.78 is 1.55. The first-order chi connectivity index (χ1) is 11.9. The van der Waals surface area contributed by atoms with E-state index >= 15 is 0 Å². The molecule has 7 nitrogen and oxygen atoms in total. The van der Waals surface area contributed by atoms with E-state index in [9.17, 15) is 14.4 Å². The fraction of sp³-hybridized carbons (Fsp3) is 0.375.